The Balaban J connectivity index is 2.35. The molecular weight excluding hydrogens is 188 g/mol. The number of aromatic nitrogens is 2. The number of nitrogens with zero attached hydrogens (tertiary/aromatic N) is 3. The summed E-state index contributed by atoms with van der Waals surface area (Å²) in [6.07, 6.45) is 5.24. The molecule has 1 aromatic rings. The highest BCUT2D eigenvalue weighted by Gasteiger charge is 2.02. The van der Waals surface area contributed by atoms with Crippen molar-refractivity contribution in [3.8, 4) is 0 Å². The molecule has 0 atom stereocenters. The highest BCUT2D eigenvalue weighted by molar-refractivity contribution is 5.03. The van der Waals surface area contributed by atoms with Crippen LogP contribution in [0, 0.1) is 0 Å². The second kappa shape index (κ2) is 6.58. The van der Waals surface area contributed by atoms with E-state index in [9.17, 15) is 0 Å². The van der Waals surface area contributed by atoms with Crippen molar-refractivity contribution >= 4 is 0 Å². The Morgan fingerprint density at radius 1 is 1.53 bits per heavy atom. The summed E-state index contributed by atoms with van der Waals surface area (Å²) in [5, 5.41) is 7.46. The van der Waals surface area contributed by atoms with Crippen molar-refractivity contribution in [2.75, 3.05) is 27.2 Å². The summed E-state index contributed by atoms with van der Waals surface area (Å²) in [4.78, 5) is 2.30. The lowest BCUT2D eigenvalue weighted by molar-refractivity contribution is 0.328. The number of nitrogens with one attached hydrogen (secondary N) is 1. The summed E-state index contributed by atoms with van der Waals surface area (Å²) in [6, 6.07) is 0. The fraction of sp³-hybridized carbons (Fsp3) is 0.727. The number of hydrogen-bond donors (Lipinski definition) is 1. The zero-order valence-corrected chi connectivity index (χ0v) is 10.0. The number of hydrogen-bond acceptors (Lipinski definition) is 3. The molecule has 4 nitrogen and oxygen atoms in total. The normalized spacial score (nSPS) is 11.2. The second-order valence-corrected chi connectivity index (χ2v) is 3.95. The lowest BCUT2D eigenvalue weighted by atomic mass is 10.3. The molecule has 1 aromatic heterocycles. The van der Waals surface area contributed by atoms with E-state index < -0.39 is 0 Å². The van der Waals surface area contributed by atoms with E-state index in [1.807, 2.05) is 17.9 Å². The minimum absolute atomic E-state index is 0.978. The van der Waals surface area contributed by atoms with Crippen LogP contribution < -0.4 is 5.32 Å². The number of rotatable bonds is 7. The molecule has 0 saturated carbocycles. The largest absolute Gasteiger partial charge is 0.318 e. The van der Waals surface area contributed by atoms with E-state index in [2.05, 4.69) is 35.5 Å². The lowest BCUT2D eigenvalue weighted by Crippen LogP contribution is -2.26. The van der Waals surface area contributed by atoms with Crippen LogP contribution in [-0.2, 0) is 13.1 Å². The molecule has 4 heteroatoms. The average molecular weight is 210 g/mol. The molecule has 1 rings (SSSR count). The fourth-order valence-corrected chi connectivity index (χ4v) is 1.53. The molecule has 0 spiro atoms. The zero-order valence-electron chi connectivity index (χ0n) is 10.0. The smallest absolute Gasteiger partial charge is 0.0534 e. The molecule has 0 aliphatic heterocycles. The van der Waals surface area contributed by atoms with Gasteiger partial charge in [0.05, 0.1) is 6.20 Å². The molecule has 1 heterocycles. The van der Waals surface area contributed by atoms with Crippen molar-refractivity contribution in [3.63, 3.8) is 0 Å². The summed E-state index contributed by atoms with van der Waals surface area (Å²) < 4.78 is 2.02. The van der Waals surface area contributed by atoms with Gasteiger partial charge in [-0.1, -0.05) is 6.92 Å². The van der Waals surface area contributed by atoms with Gasteiger partial charge < -0.3 is 10.2 Å². The summed E-state index contributed by atoms with van der Waals surface area (Å²) in [5.41, 5.74) is 1.29. The molecule has 0 amide bonds. The van der Waals surface area contributed by atoms with Gasteiger partial charge in [-0.25, -0.2) is 0 Å². The molecule has 0 aromatic carbocycles. The fourth-order valence-electron chi connectivity index (χ4n) is 1.53. The van der Waals surface area contributed by atoms with E-state index in [0.717, 1.165) is 32.6 Å². The topological polar surface area (TPSA) is 33.1 Å². The Morgan fingerprint density at radius 2 is 2.33 bits per heavy atom. The molecule has 1 N–H and O–H groups in total. The van der Waals surface area contributed by atoms with Crippen LogP contribution in [0.1, 0.15) is 18.9 Å². The highest BCUT2D eigenvalue weighted by atomic mass is 15.3. The van der Waals surface area contributed by atoms with Gasteiger partial charge >= 0.3 is 0 Å². The van der Waals surface area contributed by atoms with Crippen molar-refractivity contribution in [1.82, 2.24) is 20.0 Å². The van der Waals surface area contributed by atoms with Gasteiger partial charge in [0.2, 0.25) is 0 Å². The molecule has 0 saturated heterocycles. The summed E-state index contributed by atoms with van der Waals surface area (Å²) in [7, 11) is 4.11. The van der Waals surface area contributed by atoms with Gasteiger partial charge in [-0.05, 0) is 20.5 Å². The standard InChI is InChI=1S/C11H22N4/c1-4-6-15-10-11(8-13-15)9-14(3)7-5-12-2/h8,10,12H,4-7,9H2,1-3H3. The molecule has 86 valence electrons. The first-order valence-electron chi connectivity index (χ1n) is 5.60. The maximum atomic E-state index is 4.31. The van der Waals surface area contributed by atoms with Crippen molar-refractivity contribution in [2.45, 2.75) is 26.4 Å². The van der Waals surface area contributed by atoms with Gasteiger partial charge in [-0.2, -0.15) is 5.10 Å². The van der Waals surface area contributed by atoms with E-state index in [1.54, 1.807) is 0 Å². The molecular formula is C11H22N4. The van der Waals surface area contributed by atoms with Crippen molar-refractivity contribution in [3.05, 3.63) is 18.0 Å². The predicted octanol–water partition coefficient (Wildman–Crippen LogP) is 0.944. The summed E-state index contributed by atoms with van der Waals surface area (Å²) in [6.45, 7) is 6.25. The maximum Gasteiger partial charge on any atom is 0.0534 e. The van der Waals surface area contributed by atoms with Crippen LogP contribution in [0.3, 0.4) is 0 Å². The molecule has 0 fully saturated rings. The van der Waals surface area contributed by atoms with Gasteiger partial charge in [0.15, 0.2) is 0 Å². The molecule has 0 unspecified atom stereocenters. The number of aryl methyl sites for hydroxylation is 1. The van der Waals surface area contributed by atoms with Crippen LogP contribution in [0.2, 0.25) is 0 Å². The van der Waals surface area contributed by atoms with E-state index in [0.29, 0.717) is 0 Å². The van der Waals surface area contributed by atoms with Crippen molar-refractivity contribution in [2.24, 2.45) is 0 Å². The minimum Gasteiger partial charge on any atom is -0.318 e. The Morgan fingerprint density at radius 3 is 3.00 bits per heavy atom. The Hall–Kier alpha value is -0.870. The Kier molecular flexibility index (Phi) is 5.36. The summed E-state index contributed by atoms with van der Waals surface area (Å²) >= 11 is 0. The number of likely N-dealkylation sites (N-methyl/N-ethyl adjacent to an activating group) is 2. The van der Waals surface area contributed by atoms with Crippen LogP contribution in [0.4, 0.5) is 0 Å². The van der Waals surface area contributed by atoms with Crippen LogP contribution in [0.15, 0.2) is 12.4 Å². The molecule has 0 aliphatic carbocycles. The molecule has 0 aliphatic rings. The third kappa shape index (κ3) is 4.44. The van der Waals surface area contributed by atoms with E-state index in [1.165, 1.54) is 5.56 Å². The average Bonchev–Trinajstić information content (AvgIpc) is 2.63. The minimum atomic E-state index is 0.978. The van der Waals surface area contributed by atoms with E-state index in [-0.39, 0.29) is 0 Å². The van der Waals surface area contributed by atoms with Crippen molar-refractivity contribution < 1.29 is 0 Å². The Labute approximate surface area is 92.3 Å². The molecule has 0 bridgehead atoms. The van der Waals surface area contributed by atoms with Crippen molar-refractivity contribution in [1.29, 1.82) is 0 Å². The lowest BCUT2D eigenvalue weighted by Gasteiger charge is -2.14. The van der Waals surface area contributed by atoms with E-state index >= 15 is 0 Å². The van der Waals surface area contributed by atoms with Gasteiger partial charge in [-0.15, -0.1) is 0 Å². The van der Waals surface area contributed by atoms with Crippen LogP contribution in [-0.4, -0.2) is 41.9 Å². The molecule has 0 radical (unpaired) electrons. The second-order valence-electron chi connectivity index (χ2n) is 3.95. The van der Waals surface area contributed by atoms with E-state index in [4.69, 9.17) is 0 Å². The van der Waals surface area contributed by atoms with Gasteiger partial charge in [0.25, 0.3) is 0 Å². The third-order valence-corrected chi connectivity index (χ3v) is 2.34. The predicted molar refractivity (Wildman–Crippen MR) is 62.8 cm³/mol. The van der Waals surface area contributed by atoms with Gasteiger partial charge in [0, 0.05) is 37.9 Å². The SMILES string of the molecule is CCCn1cc(CN(C)CCNC)cn1. The third-order valence-electron chi connectivity index (χ3n) is 2.34. The van der Waals surface area contributed by atoms with Crippen LogP contribution in [0.5, 0.6) is 0 Å². The van der Waals surface area contributed by atoms with Gasteiger partial charge in [0.1, 0.15) is 0 Å². The first kappa shape index (κ1) is 12.2. The monoisotopic (exact) mass is 210 g/mol. The Bertz CT molecular complexity index is 269. The highest BCUT2D eigenvalue weighted by Crippen LogP contribution is 2.02. The van der Waals surface area contributed by atoms with Crippen LogP contribution in [0.25, 0.3) is 0 Å². The van der Waals surface area contributed by atoms with Gasteiger partial charge in [-0.3, -0.25) is 4.68 Å². The summed E-state index contributed by atoms with van der Waals surface area (Å²) in [5.74, 6) is 0. The van der Waals surface area contributed by atoms with Crippen LogP contribution >= 0.6 is 0 Å². The quantitative estimate of drug-likeness (QED) is 0.727. The first-order chi connectivity index (χ1) is 7.26. The molecule has 15 heavy (non-hydrogen) atoms. The zero-order chi connectivity index (χ0) is 11.1. The first-order valence-corrected chi connectivity index (χ1v) is 5.60. The maximum absolute atomic E-state index is 4.31.